The van der Waals surface area contributed by atoms with Crippen molar-refractivity contribution in [3.63, 3.8) is 0 Å². The van der Waals surface area contributed by atoms with Gasteiger partial charge in [0.05, 0.1) is 19.4 Å². The Labute approximate surface area is 156 Å². The van der Waals surface area contributed by atoms with Crippen molar-refractivity contribution in [1.29, 1.82) is 0 Å². The summed E-state index contributed by atoms with van der Waals surface area (Å²) in [5.41, 5.74) is 1.47. The van der Waals surface area contributed by atoms with E-state index in [1.54, 1.807) is 13.2 Å². The quantitative estimate of drug-likeness (QED) is 0.634. The van der Waals surface area contributed by atoms with Crippen LogP contribution in [-0.2, 0) is 11.2 Å². The predicted octanol–water partition coefficient (Wildman–Crippen LogP) is 2.57. The van der Waals surface area contributed by atoms with Crippen LogP contribution in [-0.4, -0.2) is 40.2 Å². The maximum absolute atomic E-state index is 13.0. The molecule has 1 amide bonds. The normalized spacial score (nSPS) is 11.6. The summed E-state index contributed by atoms with van der Waals surface area (Å²) in [6.07, 6.45) is 0.367. The molecule has 2 N–H and O–H groups in total. The van der Waals surface area contributed by atoms with Gasteiger partial charge in [0.15, 0.2) is 5.82 Å². The van der Waals surface area contributed by atoms with Gasteiger partial charge in [-0.15, -0.1) is 10.2 Å². The number of hydrogen-bond acceptors (Lipinski definition) is 6. The summed E-state index contributed by atoms with van der Waals surface area (Å²) in [6.45, 7) is 2.39. The van der Waals surface area contributed by atoms with Gasteiger partial charge < -0.3 is 14.8 Å². The van der Waals surface area contributed by atoms with Crippen molar-refractivity contribution in [2.45, 2.75) is 19.3 Å². The highest BCUT2D eigenvalue weighted by atomic mass is 16.5. The van der Waals surface area contributed by atoms with E-state index in [2.05, 4.69) is 25.9 Å². The summed E-state index contributed by atoms with van der Waals surface area (Å²) < 4.78 is 11.0. The Morgan fingerprint density at radius 2 is 1.89 bits per heavy atom. The molecule has 1 aromatic heterocycles. The molecule has 2 aromatic carbocycles. The standard InChI is InChI=1S/C19H21N5O3/c1-3-27-17-11-7-5-9-15(17)20-19(25)14(18-21-23-24-22-18)12-13-8-4-6-10-16(13)26-2/h4-11,14H,3,12H2,1-2H3,(H,20,25)(H,21,22,23,24)/t14-/m1/s1. The lowest BCUT2D eigenvalue weighted by Crippen LogP contribution is -2.24. The van der Waals surface area contributed by atoms with Crippen LogP contribution in [0.3, 0.4) is 0 Å². The van der Waals surface area contributed by atoms with E-state index in [0.29, 0.717) is 36.0 Å². The zero-order chi connectivity index (χ0) is 19.1. The van der Waals surface area contributed by atoms with Crippen molar-refractivity contribution < 1.29 is 14.3 Å². The van der Waals surface area contributed by atoms with E-state index in [9.17, 15) is 4.79 Å². The Morgan fingerprint density at radius 3 is 2.59 bits per heavy atom. The molecule has 3 aromatic rings. The summed E-state index contributed by atoms with van der Waals surface area (Å²) >= 11 is 0. The van der Waals surface area contributed by atoms with Crippen LogP contribution < -0.4 is 14.8 Å². The zero-order valence-corrected chi connectivity index (χ0v) is 15.2. The zero-order valence-electron chi connectivity index (χ0n) is 15.2. The molecular weight excluding hydrogens is 346 g/mol. The molecule has 0 bridgehead atoms. The molecule has 0 saturated carbocycles. The SMILES string of the molecule is CCOc1ccccc1NC(=O)[C@H](Cc1ccccc1OC)c1nn[nH]n1. The van der Waals surface area contributed by atoms with Crippen molar-refractivity contribution in [2.24, 2.45) is 0 Å². The summed E-state index contributed by atoms with van der Waals surface area (Å²) in [6, 6.07) is 14.8. The van der Waals surface area contributed by atoms with Gasteiger partial charge in [-0.3, -0.25) is 4.79 Å². The molecule has 1 heterocycles. The second kappa shape index (κ2) is 8.79. The summed E-state index contributed by atoms with van der Waals surface area (Å²) in [5, 5.41) is 16.9. The number of tetrazole rings is 1. The van der Waals surface area contributed by atoms with Crippen LogP contribution in [0.4, 0.5) is 5.69 Å². The van der Waals surface area contributed by atoms with Crippen LogP contribution in [0.5, 0.6) is 11.5 Å². The van der Waals surface area contributed by atoms with Crippen molar-refractivity contribution >= 4 is 11.6 Å². The fourth-order valence-corrected chi connectivity index (χ4v) is 2.78. The van der Waals surface area contributed by atoms with Gasteiger partial charge >= 0.3 is 0 Å². The second-order valence-corrected chi connectivity index (χ2v) is 5.76. The number of anilines is 1. The number of methoxy groups -OCH3 is 1. The fraction of sp³-hybridized carbons (Fsp3) is 0.263. The van der Waals surface area contributed by atoms with Crippen molar-refractivity contribution in [3.05, 3.63) is 59.9 Å². The molecule has 0 saturated heterocycles. The molecule has 0 unspecified atom stereocenters. The van der Waals surface area contributed by atoms with Gasteiger partial charge in [-0.1, -0.05) is 35.5 Å². The minimum atomic E-state index is -0.644. The second-order valence-electron chi connectivity index (χ2n) is 5.76. The smallest absolute Gasteiger partial charge is 0.235 e. The number of carbonyl (C=O) groups is 1. The van der Waals surface area contributed by atoms with E-state index in [0.717, 1.165) is 5.56 Å². The number of aromatic nitrogens is 4. The molecule has 0 aliphatic heterocycles. The average Bonchev–Trinajstić information content (AvgIpc) is 3.22. The number of amides is 1. The van der Waals surface area contributed by atoms with Gasteiger partial charge in [0.1, 0.15) is 17.4 Å². The number of hydrogen-bond donors (Lipinski definition) is 2. The maximum atomic E-state index is 13.0. The first-order valence-electron chi connectivity index (χ1n) is 8.60. The number of para-hydroxylation sites is 3. The van der Waals surface area contributed by atoms with E-state index < -0.39 is 5.92 Å². The third-order valence-corrected chi connectivity index (χ3v) is 4.05. The third kappa shape index (κ3) is 4.41. The molecule has 8 heteroatoms. The highest BCUT2D eigenvalue weighted by Gasteiger charge is 2.27. The van der Waals surface area contributed by atoms with Crippen LogP contribution in [0, 0.1) is 0 Å². The predicted molar refractivity (Wildman–Crippen MR) is 99.9 cm³/mol. The molecule has 8 nitrogen and oxygen atoms in total. The molecule has 140 valence electrons. The van der Waals surface area contributed by atoms with Gasteiger partial charge in [0, 0.05) is 0 Å². The number of H-pyrrole nitrogens is 1. The first-order chi connectivity index (χ1) is 13.2. The summed E-state index contributed by atoms with van der Waals surface area (Å²) in [7, 11) is 1.60. The van der Waals surface area contributed by atoms with Gasteiger partial charge in [-0.2, -0.15) is 5.21 Å². The molecule has 0 radical (unpaired) electrons. The Morgan fingerprint density at radius 1 is 1.15 bits per heavy atom. The Balaban J connectivity index is 1.87. The molecular formula is C19H21N5O3. The summed E-state index contributed by atoms with van der Waals surface area (Å²) in [5.74, 6) is 0.725. The van der Waals surface area contributed by atoms with Crippen LogP contribution >= 0.6 is 0 Å². The number of ether oxygens (including phenoxy) is 2. The number of rotatable bonds is 8. The van der Waals surface area contributed by atoms with E-state index in [1.807, 2.05) is 49.4 Å². The molecule has 3 rings (SSSR count). The summed E-state index contributed by atoms with van der Waals surface area (Å²) in [4.78, 5) is 13.0. The van der Waals surface area contributed by atoms with Gasteiger partial charge in [-0.05, 0) is 37.1 Å². The lowest BCUT2D eigenvalue weighted by atomic mass is 9.97. The van der Waals surface area contributed by atoms with E-state index in [4.69, 9.17) is 9.47 Å². The molecule has 0 aliphatic carbocycles. The minimum Gasteiger partial charge on any atom is -0.496 e. The highest BCUT2D eigenvalue weighted by molar-refractivity contribution is 5.96. The number of benzene rings is 2. The van der Waals surface area contributed by atoms with Crippen LogP contribution in [0.15, 0.2) is 48.5 Å². The van der Waals surface area contributed by atoms with Gasteiger partial charge in [0.2, 0.25) is 5.91 Å². The Kier molecular flexibility index (Phi) is 5.98. The van der Waals surface area contributed by atoms with Crippen LogP contribution in [0.25, 0.3) is 0 Å². The number of aromatic amines is 1. The molecule has 0 spiro atoms. The monoisotopic (exact) mass is 367 g/mol. The topological polar surface area (TPSA) is 102 Å². The number of nitrogens with one attached hydrogen (secondary N) is 2. The van der Waals surface area contributed by atoms with Crippen LogP contribution in [0.1, 0.15) is 24.2 Å². The number of carbonyl (C=O) groups excluding carboxylic acids is 1. The first-order valence-corrected chi connectivity index (χ1v) is 8.60. The van der Waals surface area contributed by atoms with Gasteiger partial charge in [-0.25, -0.2) is 0 Å². The largest absolute Gasteiger partial charge is 0.496 e. The molecule has 27 heavy (non-hydrogen) atoms. The lowest BCUT2D eigenvalue weighted by Gasteiger charge is -2.17. The van der Waals surface area contributed by atoms with E-state index in [-0.39, 0.29) is 5.91 Å². The molecule has 1 atom stereocenters. The van der Waals surface area contributed by atoms with E-state index >= 15 is 0 Å². The highest BCUT2D eigenvalue weighted by Crippen LogP contribution is 2.28. The fourth-order valence-electron chi connectivity index (χ4n) is 2.78. The minimum absolute atomic E-state index is 0.255. The molecule has 0 aliphatic rings. The average molecular weight is 367 g/mol. The van der Waals surface area contributed by atoms with Crippen molar-refractivity contribution in [1.82, 2.24) is 20.6 Å². The molecule has 0 fully saturated rings. The Hall–Kier alpha value is -3.42. The Bertz CT molecular complexity index is 883. The lowest BCUT2D eigenvalue weighted by molar-refractivity contribution is -0.117. The van der Waals surface area contributed by atoms with Crippen LogP contribution in [0.2, 0.25) is 0 Å². The van der Waals surface area contributed by atoms with Gasteiger partial charge in [0.25, 0.3) is 0 Å². The maximum Gasteiger partial charge on any atom is 0.235 e. The van der Waals surface area contributed by atoms with Crippen molar-refractivity contribution in [3.8, 4) is 11.5 Å². The van der Waals surface area contributed by atoms with E-state index in [1.165, 1.54) is 0 Å². The third-order valence-electron chi connectivity index (χ3n) is 4.05. The number of nitrogens with zero attached hydrogens (tertiary/aromatic N) is 3. The van der Waals surface area contributed by atoms with Crippen molar-refractivity contribution in [2.75, 3.05) is 19.0 Å². The first kappa shape index (κ1) is 18.4.